The fraction of sp³-hybridized carbons (Fsp3) is 0.250. The molecule has 1 aliphatic rings. The lowest BCUT2D eigenvalue weighted by atomic mass is 9.97. The van der Waals surface area contributed by atoms with E-state index in [1.165, 1.54) is 0 Å². The van der Waals surface area contributed by atoms with Crippen LogP contribution in [0.5, 0.6) is 5.75 Å². The molecule has 6 aromatic rings. The fourth-order valence-corrected chi connectivity index (χ4v) is 7.75. The number of carboxylic acids is 1. The molecule has 0 saturated carbocycles. The number of anilines is 1. The maximum atomic E-state index is 15.0. The van der Waals surface area contributed by atoms with Gasteiger partial charge < -0.3 is 19.3 Å². The highest BCUT2D eigenvalue weighted by atomic mass is 35.5. The van der Waals surface area contributed by atoms with E-state index in [4.69, 9.17) is 27.9 Å². The van der Waals surface area contributed by atoms with E-state index in [2.05, 4.69) is 14.5 Å². The van der Waals surface area contributed by atoms with Crippen molar-refractivity contribution < 1.29 is 19.4 Å². The van der Waals surface area contributed by atoms with Crippen LogP contribution in [0, 0.1) is 27.7 Å². The number of nitrogens with zero attached hydrogens (tertiary/aromatic N) is 4. The number of rotatable bonds is 8. The maximum absolute atomic E-state index is 15.0. The molecule has 0 fully saturated rings. The molecule has 0 aliphatic carbocycles. The molecule has 1 amide bonds. The summed E-state index contributed by atoms with van der Waals surface area (Å²) in [5, 5.41) is 13.4. The first-order chi connectivity index (χ1) is 24.1. The topological polar surface area (TPSA) is 97.6 Å². The molecule has 7 rings (SSSR count). The lowest BCUT2D eigenvalue weighted by Gasteiger charge is -2.23. The minimum absolute atomic E-state index is 0.147. The number of benzene rings is 4. The smallest absolute Gasteiger partial charge is 0.336 e. The van der Waals surface area contributed by atoms with Crippen LogP contribution in [0.4, 0.5) is 5.69 Å². The van der Waals surface area contributed by atoms with Crippen molar-refractivity contribution in [1.82, 2.24) is 14.5 Å². The third-order valence-corrected chi connectivity index (χ3v) is 10.5. The van der Waals surface area contributed by atoms with E-state index in [0.717, 1.165) is 60.9 Å². The highest BCUT2D eigenvalue weighted by Gasteiger charge is 2.33. The summed E-state index contributed by atoms with van der Waals surface area (Å²) in [5.74, 6) is -0.400. The van der Waals surface area contributed by atoms with Crippen molar-refractivity contribution in [3.63, 3.8) is 0 Å². The Morgan fingerprint density at radius 2 is 1.58 bits per heavy atom. The number of aryl methyl sites for hydroxylation is 6. The Kier molecular flexibility index (Phi) is 9.01. The molecule has 3 heterocycles. The van der Waals surface area contributed by atoms with Crippen molar-refractivity contribution in [2.24, 2.45) is 0 Å². The summed E-state index contributed by atoms with van der Waals surface area (Å²) < 4.78 is 8.32. The number of carbonyl (C=O) groups is 2. The Morgan fingerprint density at radius 3 is 2.30 bits per heavy atom. The summed E-state index contributed by atoms with van der Waals surface area (Å²) in [4.78, 5) is 37.9. The lowest BCUT2D eigenvalue weighted by Crippen LogP contribution is -2.32. The normalized spacial score (nSPS) is 13.2. The van der Waals surface area contributed by atoms with Gasteiger partial charge in [0.2, 0.25) is 0 Å². The first kappa shape index (κ1) is 33.6. The van der Waals surface area contributed by atoms with E-state index >= 15 is 4.79 Å². The molecule has 2 aromatic heterocycles. The first-order valence-corrected chi connectivity index (χ1v) is 17.4. The molecule has 1 N–H and O–H groups in total. The molecule has 50 heavy (non-hydrogen) atoms. The van der Waals surface area contributed by atoms with Crippen LogP contribution >= 0.6 is 23.2 Å². The number of aromatic carboxylic acids is 1. The predicted octanol–water partition coefficient (Wildman–Crippen LogP) is 9.55. The Bertz CT molecular complexity index is 2310. The number of halogens is 2. The summed E-state index contributed by atoms with van der Waals surface area (Å²) in [5.41, 5.74) is 8.47. The maximum Gasteiger partial charge on any atom is 0.336 e. The minimum Gasteiger partial charge on any atom is -0.494 e. The summed E-state index contributed by atoms with van der Waals surface area (Å²) in [6.07, 6.45) is 3.45. The van der Waals surface area contributed by atoms with Gasteiger partial charge in [0.15, 0.2) is 0 Å². The van der Waals surface area contributed by atoms with Gasteiger partial charge in [-0.3, -0.25) is 4.79 Å². The molecule has 1 aliphatic heterocycles. The largest absolute Gasteiger partial charge is 0.494 e. The monoisotopic (exact) mass is 706 g/mol. The van der Waals surface area contributed by atoms with Gasteiger partial charge in [-0.15, -0.1) is 0 Å². The molecule has 0 saturated heterocycles. The Morgan fingerprint density at radius 1 is 0.880 bits per heavy atom. The molecule has 254 valence electrons. The third kappa shape index (κ3) is 5.76. The fourth-order valence-electron chi connectivity index (χ4n) is 7.40. The van der Waals surface area contributed by atoms with Gasteiger partial charge in [-0.25, -0.2) is 14.8 Å². The van der Waals surface area contributed by atoms with Crippen molar-refractivity contribution in [3.05, 3.63) is 116 Å². The molecular weight excluding hydrogens is 671 g/mol. The van der Waals surface area contributed by atoms with Crippen LogP contribution in [0.15, 0.2) is 67.0 Å². The molecular formula is C40H36Cl2N4O4. The van der Waals surface area contributed by atoms with Crippen LogP contribution in [0.25, 0.3) is 32.8 Å². The van der Waals surface area contributed by atoms with Gasteiger partial charge in [-0.05, 0) is 99.4 Å². The molecule has 0 atom stereocenters. The predicted molar refractivity (Wildman–Crippen MR) is 199 cm³/mol. The van der Waals surface area contributed by atoms with E-state index in [-0.39, 0.29) is 11.5 Å². The second kappa shape index (κ2) is 13.4. The van der Waals surface area contributed by atoms with Crippen LogP contribution in [-0.2, 0) is 13.0 Å². The molecule has 8 nitrogen and oxygen atoms in total. The van der Waals surface area contributed by atoms with Crippen LogP contribution in [-0.4, -0.2) is 44.7 Å². The highest BCUT2D eigenvalue weighted by Crippen LogP contribution is 2.43. The third-order valence-electron chi connectivity index (χ3n) is 9.64. The van der Waals surface area contributed by atoms with Crippen LogP contribution in [0.2, 0.25) is 10.0 Å². The summed E-state index contributed by atoms with van der Waals surface area (Å²) in [6.45, 7) is 9.30. The number of carboxylic acid groups (broad SMARTS) is 1. The quantitative estimate of drug-likeness (QED) is 0.158. The van der Waals surface area contributed by atoms with Gasteiger partial charge in [0.1, 0.15) is 17.8 Å². The number of hydrogen-bond acceptors (Lipinski definition) is 5. The molecule has 0 spiro atoms. The zero-order valence-corrected chi connectivity index (χ0v) is 29.8. The average Bonchev–Trinajstić information content (AvgIpc) is 3.29. The lowest BCUT2D eigenvalue weighted by molar-refractivity contribution is 0.0698. The second-order valence-electron chi connectivity index (χ2n) is 12.8. The van der Waals surface area contributed by atoms with Gasteiger partial charge in [0.25, 0.3) is 5.91 Å². The zero-order valence-electron chi connectivity index (χ0n) is 28.3. The van der Waals surface area contributed by atoms with Crippen LogP contribution < -0.4 is 9.64 Å². The van der Waals surface area contributed by atoms with Crippen LogP contribution in [0.3, 0.4) is 0 Å². The van der Waals surface area contributed by atoms with Crippen molar-refractivity contribution in [2.75, 3.05) is 18.1 Å². The SMILES string of the molecule is Cc1cc(OCCCc2c3n(c4c(-c5c(C)ncnc5C)c(Cl)ccc24)CCCN(c2cccc4c(C(=O)O)cccc24)C3=O)cc(C)c1Cl. The van der Waals surface area contributed by atoms with Crippen molar-refractivity contribution in [1.29, 1.82) is 0 Å². The van der Waals surface area contributed by atoms with Crippen molar-refractivity contribution in [3.8, 4) is 16.9 Å². The van der Waals surface area contributed by atoms with Crippen LogP contribution in [0.1, 0.15) is 61.8 Å². The first-order valence-electron chi connectivity index (χ1n) is 16.7. The van der Waals surface area contributed by atoms with E-state index in [0.29, 0.717) is 66.1 Å². The number of fused-ring (bicyclic) bond motifs is 4. The minimum atomic E-state index is -1.01. The Labute approximate surface area is 300 Å². The number of ether oxygens (including phenoxy) is 1. The van der Waals surface area contributed by atoms with Gasteiger partial charge in [-0.2, -0.15) is 0 Å². The molecule has 0 unspecified atom stereocenters. The van der Waals surface area contributed by atoms with E-state index in [1.54, 1.807) is 29.4 Å². The highest BCUT2D eigenvalue weighted by molar-refractivity contribution is 6.35. The van der Waals surface area contributed by atoms with Gasteiger partial charge in [0.05, 0.1) is 28.4 Å². The van der Waals surface area contributed by atoms with Crippen molar-refractivity contribution >= 4 is 62.4 Å². The van der Waals surface area contributed by atoms with E-state index in [9.17, 15) is 9.90 Å². The average molecular weight is 708 g/mol. The van der Waals surface area contributed by atoms with Gasteiger partial charge in [0, 0.05) is 51.4 Å². The standard InChI is InChI=1S/C40H36Cl2N4O4/c1-22-19-26(20-23(2)36(22)42)50-18-7-12-29-30-14-15-32(41)35(34-24(3)43-21-44-25(34)4)37(30)46-17-8-16-45(39(47)38(29)46)33-13-6-9-27-28(33)10-5-11-31(27)40(48)49/h5-6,9-11,13-15,19-21H,7-8,12,16-18H2,1-4H3,(H,48,49). The van der Waals surface area contributed by atoms with E-state index < -0.39 is 5.97 Å². The van der Waals surface area contributed by atoms with E-state index in [1.807, 2.05) is 70.2 Å². The zero-order chi connectivity index (χ0) is 35.3. The number of amides is 1. The molecule has 10 heteroatoms. The van der Waals surface area contributed by atoms with Gasteiger partial charge >= 0.3 is 5.97 Å². The van der Waals surface area contributed by atoms with Crippen molar-refractivity contribution in [2.45, 2.75) is 53.5 Å². The van der Waals surface area contributed by atoms with Gasteiger partial charge in [-0.1, -0.05) is 53.5 Å². The molecule has 0 bridgehead atoms. The summed E-state index contributed by atoms with van der Waals surface area (Å²) in [6, 6.07) is 18.5. The summed E-state index contributed by atoms with van der Waals surface area (Å²) >= 11 is 13.4. The number of carbonyl (C=O) groups excluding carboxylic acids is 1. The Balaban J connectivity index is 1.37. The molecule has 4 aromatic carbocycles. The molecule has 0 radical (unpaired) electrons. The Hall–Kier alpha value is -4.92. The number of hydrogen-bond donors (Lipinski definition) is 1. The summed E-state index contributed by atoms with van der Waals surface area (Å²) in [7, 11) is 0. The second-order valence-corrected chi connectivity index (χ2v) is 13.6. The number of aromatic nitrogens is 3.